The molecule has 1 aromatic carbocycles. The summed E-state index contributed by atoms with van der Waals surface area (Å²) in [5.41, 5.74) is 1.18. The van der Waals surface area contributed by atoms with Crippen molar-refractivity contribution < 1.29 is 4.39 Å². The lowest BCUT2D eigenvalue weighted by Crippen LogP contribution is -2.49. The van der Waals surface area contributed by atoms with Gasteiger partial charge in [-0.1, -0.05) is 19.1 Å². The monoisotopic (exact) mass is 269 g/mol. The summed E-state index contributed by atoms with van der Waals surface area (Å²) in [7, 11) is 0. The minimum atomic E-state index is -0.183. The number of rotatable bonds is 4. The molecule has 1 aromatic rings. The van der Waals surface area contributed by atoms with Crippen molar-refractivity contribution in [3.05, 3.63) is 35.6 Å². The second-order valence-corrected chi connectivity index (χ2v) is 5.84. The molecule has 1 fully saturated rings. The Labute approximate surface area is 114 Å². The third kappa shape index (κ3) is 3.46. The van der Waals surface area contributed by atoms with Crippen LogP contribution in [0.15, 0.2) is 24.3 Å². The SMILES string of the molecule is CC1CCC(CCl)(NCc2ccc(F)cc2)CC1. The lowest BCUT2D eigenvalue weighted by Gasteiger charge is -2.39. The molecule has 0 spiro atoms. The second-order valence-electron chi connectivity index (χ2n) is 5.58. The molecule has 1 aliphatic rings. The van der Waals surface area contributed by atoms with Gasteiger partial charge < -0.3 is 5.32 Å². The van der Waals surface area contributed by atoms with Crippen LogP contribution >= 0.6 is 11.6 Å². The topological polar surface area (TPSA) is 12.0 Å². The molecule has 1 saturated carbocycles. The highest BCUT2D eigenvalue weighted by atomic mass is 35.5. The zero-order chi connectivity index (χ0) is 13.0. The largest absolute Gasteiger partial charge is 0.306 e. The summed E-state index contributed by atoms with van der Waals surface area (Å²) in [5.74, 6) is 1.28. The van der Waals surface area contributed by atoms with Gasteiger partial charge in [-0.3, -0.25) is 0 Å². The Morgan fingerprint density at radius 3 is 2.44 bits per heavy atom. The third-order valence-corrected chi connectivity index (χ3v) is 4.58. The second kappa shape index (κ2) is 6.03. The highest BCUT2D eigenvalue weighted by Gasteiger charge is 2.32. The summed E-state index contributed by atoms with van der Waals surface area (Å²) in [6, 6.07) is 6.67. The summed E-state index contributed by atoms with van der Waals surface area (Å²) >= 11 is 6.15. The van der Waals surface area contributed by atoms with Crippen LogP contribution in [0.2, 0.25) is 0 Å². The van der Waals surface area contributed by atoms with Gasteiger partial charge in [-0.2, -0.15) is 0 Å². The van der Waals surface area contributed by atoms with Crippen LogP contribution in [-0.2, 0) is 6.54 Å². The highest BCUT2D eigenvalue weighted by molar-refractivity contribution is 6.18. The molecular weight excluding hydrogens is 249 g/mol. The van der Waals surface area contributed by atoms with Crippen molar-refractivity contribution in [1.29, 1.82) is 0 Å². The molecule has 18 heavy (non-hydrogen) atoms. The van der Waals surface area contributed by atoms with E-state index in [2.05, 4.69) is 12.2 Å². The zero-order valence-electron chi connectivity index (χ0n) is 10.9. The van der Waals surface area contributed by atoms with E-state index in [0.29, 0.717) is 5.88 Å². The Kier molecular flexibility index (Phi) is 4.63. The van der Waals surface area contributed by atoms with Gasteiger partial charge in [-0.25, -0.2) is 4.39 Å². The van der Waals surface area contributed by atoms with Gasteiger partial charge in [0.15, 0.2) is 0 Å². The van der Waals surface area contributed by atoms with Crippen LogP contribution in [0.3, 0.4) is 0 Å². The van der Waals surface area contributed by atoms with E-state index in [9.17, 15) is 4.39 Å². The third-order valence-electron chi connectivity index (χ3n) is 4.07. The van der Waals surface area contributed by atoms with Crippen molar-refractivity contribution in [2.45, 2.75) is 44.7 Å². The minimum Gasteiger partial charge on any atom is -0.306 e. The fourth-order valence-corrected chi connectivity index (χ4v) is 2.93. The average molecular weight is 270 g/mol. The van der Waals surface area contributed by atoms with Crippen LogP contribution in [0, 0.1) is 11.7 Å². The van der Waals surface area contributed by atoms with E-state index in [1.165, 1.54) is 25.0 Å². The van der Waals surface area contributed by atoms with E-state index >= 15 is 0 Å². The maximum atomic E-state index is 12.8. The summed E-state index contributed by atoms with van der Waals surface area (Å²) in [4.78, 5) is 0. The Hall–Kier alpha value is -0.600. The molecular formula is C15H21ClFN. The molecule has 1 nitrogen and oxygen atoms in total. The van der Waals surface area contributed by atoms with Gasteiger partial charge in [-0.05, 0) is 49.3 Å². The van der Waals surface area contributed by atoms with Crippen LogP contribution in [0.5, 0.6) is 0 Å². The molecule has 0 aromatic heterocycles. The van der Waals surface area contributed by atoms with Crippen molar-refractivity contribution in [1.82, 2.24) is 5.32 Å². The van der Waals surface area contributed by atoms with Crippen LogP contribution < -0.4 is 5.32 Å². The smallest absolute Gasteiger partial charge is 0.123 e. The quantitative estimate of drug-likeness (QED) is 0.812. The summed E-state index contributed by atoms with van der Waals surface area (Å²) in [5, 5.41) is 3.59. The molecule has 0 radical (unpaired) electrons. The Balaban J connectivity index is 1.92. The van der Waals surface area contributed by atoms with Crippen molar-refractivity contribution in [2.75, 3.05) is 5.88 Å². The van der Waals surface area contributed by atoms with Crippen LogP contribution in [0.1, 0.15) is 38.2 Å². The van der Waals surface area contributed by atoms with E-state index in [1.54, 1.807) is 0 Å². The predicted octanol–water partition coefficient (Wildman–Crippen LogP) is 4.10. The van der Waals surface area contributed by atoms with Gasteiger partial charge in [-0.15, -0.1) is 11.6 Å². The maximum Gasteiger partial charge on any atom is 0.123 e. The zero-order valence-corrected chi connectivity index (χ0v) is 11.6. The lowest BCUT2D eigenvalue weighted by molar-refractivity contribution is 0.216. The molecule has 0 saturated heterocycles. The van der Waals surface area contributed by atoms with Crippen LogP contribution in [0.4, 0.5) is 4.39 Å². The molecule has 100 valence electrons. The van der Waals surface area contributed by atoms with E-state index < -0.39 is 0 Å². The predicted molar refractivity (Wildman–Crippen MR) is 74.3 cm³/mol. The van der Waals surface area contributed by atoms with Gasteiger partial charge in [0.1, 0.15) is 5.82 Å². The molecule has 1 N–H and O–H groups in total. The van der Waals surface area contributed by atoms with Crippen molar-refractivity contribution >= 4 is 11.6 Å². The molecule has 0 amide bonds. The first kappa shape index (κ1) is 13.8. The fourth-order valence-electron chi connectivity index (χ4n) is 2.56. The molecule has 1 aliphatic carbocycles. The van der Waals surface area contributed by atoms with Gasteiger partial charge in [0.25, 0.3) is 0 Å². The number of benzene rings is 1. The number of nitrogens with one attached hydrogen (secondary N) is 1. The van der Waals surface area contributed by atoms with E-state index in [4.69, 9.17) is 11.6 Å². The first-order valence-electron chi connectivity index (χ1n) is 6.69. The number of hydrogen-bond donors (Lipinski definition) is 1. The first-order valence-corrected chi connectivity index (χ1v) is 7.22. The molecule has 0 unspecified atom stereocenters. The Morgan fingerprint density at radius 1 is 1.28 bits per heavy atom. The normalized spacial score (nSPS) is 28.3. The van der Waals surface area contributed by atoms with E-state index in [0.717, 1.165) is 30.9 Å². The number of halogens is 2. The Morgan fingerprint density at radius 2 is 1.89 bits per heavy atom. The van der Waals surface area contributed by atoms with E-state index in [-0.39, 0.29) is 11.4 Å². The van der Waals surface area contributed by atoms with Crippen LogP contribution in [-0.4, -0.2) is 11.4 Å². The van der Waals surface area contributed by atoms with Crippen LogP contribution in [0.25, 0.3) is 0 Å². The standard InChI is InChI=1S/C15H21ClFN/c1-12-6-8-15(11-16,9-7-12)18-10-13-2-4-14(17)5-3-13/h2-5,12,18H,6-11H2,1H3. The van der Waals surface area contributed by atoms with Gasteiger partial charge in [0.05, 0.1) is 0 Å². The molecule has 2 rings (SSSR count). The summed E-state index contributed by atoms with van der Waals surface area (Å²) in [6.45, 7) is 3.07. The van der Waals surface area contributed by atoms with Gasteiger partial charge >= 0.3 is 0 Å². The van der Waals surface area contributed by atoms with Gasteiger partial charge in [0.2, 0.25) is 0 Å². The fraction of sp³-hybridized carbons (Fsp3) is 0.600. The van der Waals surface area contributed by atoms with Gasteiger partial charge in [0, 0.05) is 18.0 Å². The average Bonchev–Trinajstić information content (AvgIpc) is 2.41. The molecule has 0 atom stereocenters. The van der Waals surface area contributed by atoms with Crippen molar-refractivity contribution in [3.8, 4) is 0 Å². The Bertz CT molecular complexity index is 369. The number of alkyl halides is 1. The van der Waals surface area contributed by atoms with Crippen molar-refractivity contribution in [2.24, 2.45) is 5.92 Å². The van der Waals surface area contributed by atoms with E-state index in [1.807, 2.05) is 12.1 Å². The molecule has 0 aliphatic heterocycles. The first-order chi connectivity index (χ1) is 8.63. The molecule has 0 heterocycles. The maximum absolute atomic E-state index is 12.8. The molecule has 0 bridgehead atoms. The van der Waals surface area contributed by atoms with Crippen molar-refractivity contribution in [3.63, 3.8) is 0 Å². The number of hydrogen-bond acceptors (Lipinski definition) is 1. The summed E-state index contributed by atoms with van der Waals surface area (Å²) < 4.78 is 12.8. The minimum absolute atomic E-state index is 0.0719. The lowest BCUT2D eigenvalue weighted by atomic mass is 9.78. The summed E-state index contributed by atoms with van der Waals surface area (Å²) in [6.07, 6.45) is 4.75. The highest BCUT2D eigenvalue weighted by Crippen LogP contribution is 2.33. The molecule has 3 heteroatoms.